The van der Waals surface area contributed by atoms with Crippen molar-refractivity contribution in [1.82, 2.24) is 4.90 Å². The predicted molar refractivity (Wildman–Crippen MR) is 114 cm³/mol. The Balaban J connectivity index is 1.25. The number of nitrogens with zero attached hydrogens (tertiary/aromatic N) is 1. The smallest absolute Gasteiger partial charge is 0.308 e. The number of imide groups is 1. The highest BCUT2D eigenvalue weighted by Gasteiger charge is 2.35. The lowest BCUT2D eigenvalue weighted by molar-refractivity contribution is -0.142. The van der Waals surface area contributed by atoms with Crippen molar-refractivity contribution in [3.05, 3.63) is 70.8 Å². The zero-order valence-corrected chi connectivity index (χ0v) is 17.3. The van der Waals surface area contributed by atoms with Gasteiger partial charge in [0.25, 0.3) is 11.8 Å². The van der Waals surface area contributed by atoms with Crippen LogP contribution in [0.3, 0.4) is 0 Å². The standard InChI is InChI=1S/C25H25NO5/c27-22(19-12-10-18(11-13-19)17-6-2-1-3-7-17)16-31-23(28)14-15-26-24(29)20-8-4-5-9-21(20)25(26)30/h4-5,8-13,17H,1-3,6-7,14-16H2. The molecule has 2 aromatic carbocycles. The Kier molecular flexibility index (Phi) is 6.26. The second-order valence-corrected chi connectivity index (χ2v) is 8.10. The minimum Gasteiger partial charge on any atom is -0.457 e. The minimum absolute atomic E-state index is 0.0740. The molecular weight excluding hydrogens is 394 g/mol. The molecule has 0 radical (unpaired) electrons. The maximum Gasteiger partial charge on any atom is 0.308 e. The molecule has 0 N–H and O–H groups in total. The first-order chi connectivity index (χ1) is 15.0. The molecule has 1 fully saturated rings. The van der Waals surface area contributed by atoms with Crippen LogP contribution in [0.15, 0.2) is 48.5 Å². The van der Waals surface area contributed by atoms with E-state index in [2.05, 4.69) is 0 Å². The maximum absolute atomic E-state index is 12.4. The highest BCUT2D eigenvalue weighted by Crippen LogP contribution is 2.32. The van der Waals surface area contributed by atoms with Crippen LogP contribution in [-0.2, 0) is 9.53 Å². The van der Waals surface area contributed by atoms with Crippen molar-refractivity contribution >= 4 is 23.6 Å². The molecule has 160 valence electrons. The molecule has 1 aliphatic heterocycles. The second-order valence-electron chi connectivity index (χ2n) is 8.10. The third-order valence-corrected chi connectivity index (χ3v) is 6.09. The fraction of sp³-hybridized carbons (Fsp3) is 0.360. The van der Waals surface area contributed by atoms with Gasteiger partial charge >= 0.3 is 5.97 Å². The number of fused-ring (bicyclic) bond motifs is 1. The summed E-state index contributed by atoms with van der Waals surface area (Å²) in [5.74, 6) is -1.16. The van der Waals surface area contributed by atoms with Gasteiger partial charge in [0.2, 0.25) is 0 Å². The van der Waals surface area contributed by atoms with E-state index in [1.807, 2.05) is 12.1 Å². The number of hydrogen-bond acceptors (Lipinski definition) is 5. The van der Waals surface area contributed by atoms with Crippen LogP contribution in [0.1, 0.15) is 81.1 Å². The molecule has 0 atom stereocenters. The Bertz CT molecular complexity index is 970. The van der Waals surface area contributed by atoms with Crippen molar-refractivity contribution < 1.29 is 23.9 Å². The summed E-state index contributed by atoms with van der Waals surface area (Å²) in [7, 11) is 0. The summed E-state index contributed by atoms with van der Waals surface area (Å²) < 4.78 is 5.07. The van der Waals surface area contributed by atoms with E-state index in [1.165, 1.54) is 37.7 Å². The van der Waals surface area contributed by atoms with E-state index in [0.29, 0.717) is 22.6 Å². The Labute approximate surface area is 181 Å². The van der Waals surface area contributed by atoms with Gasteiger partial charge in [0, 0.05) is 12.1 Å². The Morgan fingerprint density at radius 2 is 1.48 bits per heavy atom. The van der Waals surface area contributed by atoms with Gasteiger partial charge in [-0.2, -0.15) is 0 Å². The number of carbonyl (C=O) groups excluding carboxylic acids is 4. The van der Waals surface area contributed by atoms with Gasteiger partial charge in [-0.05, 0) is 36.5 Å². The third-order valence-electron chi connectivity index (χ3n) is 6.09. The lowest BCUT2D eigenvalue weighted by atomic mass is 9.84. The number of ether oxygens (including phenoxy) is 1. The van der Waals surface area contributed by atoms with Crippen LogP contribution in [0.5, 0.6) is 0 Å². The van der Waals surface area contributed by atoms with Crippen molar-refractivity contribution in [2.24, 2.45) is 0 Å². The summed E-state index contributed by atoms with van der Waals surface area (Å²) in [5.41, 5.74) is 2.45. The van der Waals surface area contributed by atoms with Gasteiger partial charge in [-0.15, -0.1) is 0 Å². The van der Waals surface area contributed by atoms with E-state index in [4.69, 9.17) is 4.74 Å². The molecule has 0 bridgehead atoms. The van der Waals surface area contributed by atoms with Crippen molar-refractivity contribution in [2.45, 2.75) is 44.4 Å². The van der Waals surface area contributed by atoms with Crippen molar-refractivity contribution in [1.29, 1.82) is 0 Å². The van der Waals surface area contributed by atoms with Gasteiger partial charge < -0.3 is 4.74 Å². The van der Waals surface area contributed by atoms with Crippen molar-refractivity contribution in [3.8, 4) is 0 Å². The normalized spacial score (nSPS) is 16.3. The molecule has 6 nitrogen and oxygen atoms in total. The van der Waals surface area contributed by atoms with Crippen LogP contribution in [0, 0.1) is 0 Å². The molecule has 31 heavy (non-hydrogen) atoms. The molecular formula is C25H25NO5. The number of rotatable bonds is 7. The van der Waals surface area contributed by atoms with E-state index in [0.717, 1.165) is 4.90 Å². The highest BCUT2D eigenvalue weighted by atomic mass is 16.5. The van der Waals surface area contributed by atoms with Gasteiger partial charge in [0.15, 0.2) is 12.4 Å². The predicted octanol–water partition coefficient (Wildman–Crippen LogP) is 4.15. The highest BCUT2D eigenvalue weighted by molar-refractivity contribution is 6.21. The Morgan fingerprint density at radius 1 is 0.871 bits per heavy atom. The van der Waals surface area contributed by atoms with E-state index in [9.17, 15) is 19.2 Å². The molecule has 1 heterocycles. The zero-order valence-electron chi connectivity index (χ0n) is 17.3. The molecule has 0 saturated heterocycles. The molecule has 1 aliphatic carbocycles. The van der Waals surface area contributed by atoms with E-state index in [1.54, 1.807) is 36.4 Å². The van der Waals surface area contributed by atoms with E-state index >= 15 is 0 Å². The molecule has 0 unspecified atom stereocenters. The maximum atomic E-state index is 12.4. The first-order valence-electron chi connectivity index (χ1n) is 10.8. The summed E-state index contributed by atoms with van der Waals surface area (Å²) >= 11 is 0. The number of esters is 1. The quantitative estimate of drug-likeness (QED) is 0.383. The number of Topliss-reactive ketones (excluding diaryl/α,β-unsaturated/α-hetero) is 1. The van der Waals surface area contributed by atoms with Gasteiger partial charge in [-0.3, -0.25) is 24.1 Å². The average molecular weight is 419 g/mol. The number of hydrogen-bond donors (Lipinski definition) is 0. The van der Waals surface area contributed by atoms with Gasteiger partial charge in [-0.25, -0.2) is 0 Å². The average Bonchev–Trinajstić information content (AvgIpc) is 3.06. The SMILES string of the molecule is O=C(CCN1C(=O)c2ccccc2C1=O)OCC(=O)c1ccc(C2CCCCC2)cc1. The fourth-order valence-electron chi connectivity index (χ4n) is 4.32. The third kappa shape index (κ3) is 4.58. The number of carbonyl (C=O) groups is 4. The first-order valence-corrected chi connectivity index (χ1v) is 10.8. The van der Waals surface area contributed by atoms with Crippen molar-refractivity contribution in [3.63, 3.8) is 0 Å². The van der Waals surface area contributed by atoms with E-state index in [-0.39, 0.29) is 25.4 Å². The van der Waals surface area contributed by atoms with Gasteiger partial charge in [-0.1, -0.05) is 55.7 Å². The summed E-state index contributed by atoms with van der Waals surface area (Å²) in [6.45, 7) is -0.431. The summed E-state index contributed by atoms with van der Waals surface area (Å²) in [5, 5.41) is 0. The number of benzene rings is 2. The Hall–Kier alpha value is -3.28. The lowest BCUT2D eigenvalue weighted by Crippen LogP contribution is -2.32. The molecule has 6 heteroatoms. The van der Waals surface area contributed by atoms with Crippen LogP contribution in [0.25, 0.3) is 0 Å². The largest absolute Gasteiger partial charge is 0.457 e. The van der Waals surface area contributed by atoms with Crippen LogP contribution in [0.4, 0.5) is 0 Å². The Morgan fingerprint density at radius 3 is 2.10 bits per heavy atom. The molecule has 0 spiro atoms. The molecule has 4 rings (SSSR count). The molecule has 2 aliphatic rings. The monoisotopic (exact) mass is 419 g/mol. The lowest BCUT2D eigenvalue weighted by Gasteiger charge is -2.22. The second kappa shape index (κ2) is 9.25. The van der Waals surface area contributed by atoms with Crippen LogP contribution in [-0.4, -0.2) is 41.6 Å². The van der Waals surface area contributed by atoms with E-state index < -0.39 is 17.8 Å². The first kappa shape index (κ1) is 21.0. The number of ketones is 1. The van der Waals surface area contributed by atoms with Crippen LogP contribution in [0.2, 0.25) is 0 Å². The molecule has 2 aromatic rings. The van der Waals surface area contributed by atoms with Crippen LogP contribution < -0.4 is 0 Å². The number of amides is 2. The van der Waals surface area contributed by atoms with Gasteiger partial charge in [0.1, 0.15) is 0 Å². The summed E-state index contributed by atoms with van der Waals surface area (Å²) in [6.07, 6.45) is 6.03. The minimum atomic E-state index is -0.622. The molecule has 2 amide bonds. The summed E-state index contributed by atoms with van der Waals surface area (Å²) in [4.78, 5) is 50.1. The fourth-order valence-corrected chi connectivity index (χ4v) is 4.32. The molecule has 0 aromatic heterocycles. The van der Waals surface area contributed by atoms with Crippen molar-refractivity contribution in [2.75, 3.05) is 13.2 Å². The molecule has 1 saturated carbocycles. The topological polar surface area (TPSA) is 80.8 Å². The zero-order chi connectivity index (χ0) is 21.8. The van der Waals surface area contributed by atoms with Crippen LogP contribution >= 0.6 is 0 Å². The van der Waals surface area contributed by atoms with Gasteiger partial charge in [0.05, 0.1) is 17.5 Å². The summed E-state index contributed by atoms with van der Waals surface area (Å²) in [6, 6.07) is 14.1.